The molecule has 0 heterocycles. The monoisotopic (exact) mass is 266 g/mol. The van der Waals surface area contributed by atoms with Crippen LogP contribution in [-0.2, 0) is 6.61 Å². The van der Waals surface area contributed by atoms with E-state index in [0.29, 0.717) is 6.29 Å². The van der Waals surface area contributed by atoms with Gasteiger partial charge in [-0.05, 0) is 29.8 Å². The minimum Gasteiger partial charge on any atom is -0.488 e. The normalized spacial score (nSPS) is 10.3. The molecule has 0 unspecified atom stereocenters. The Balaban J connectivity index is 2.18. The second-order valence-electron chi connectivity index (χ2n) is 3.87. The number of hydrogen-bond acceptors (Lipinski definition) is 2. The first kappa shape index (κ1) is 13.1. The average molecular weight is 266 g/mol. The van der Waals surface area contributed by atoms with Crippen molar-refractivity contribution in [3.8, 4) is 5.75 Å². The van der Waals surface area contributed by atoms with Crippen LogP contribution in [0.2, 0.25) is 0 Å². The maximum atomic E-state index is 13.0. The van der Waals surface area contributed by atoms with Crippen molar-refractivity contribution in [1.29, 1.82) is 0 Å². The number of halogens is 3. The highest BCUT2D eigenvalue weighted by atomic mass is 19.1. The molecule has 0 aliphatic rings. The summed E-state index contributed by atoms with van der Waals surface area (Å²) in [7, 11) is 0. The molecule has 0 bridgehead atoms. The summed E-state index contributed by atoms with van der Waals surface area (Å²) in [5, 5.41) is 0. The van der Waals surface area contributed by atoms with Crippen LogP contribution in [0.3, 0.4) is 0 Å². The van der Waals surface area contributed by atoms with E-state index in [2.05, 4.69) is 0 Å². The van der Waals surface area contributed by atoms with Crippen molar-refractivity contribution in [2.45, 2.75) is 6.61 Å². The van der Waals surface area contributed by atoms with Crippen LogP contribution in [0, 0.1) is 17.5 Å². The lowest BCUT2D eigenvalue weighted by molar-refractivity contribution is 0.111. The summed E-state index contributed by atoms with van der Waals surface area (Å²) in [5.41, 5.74) is 0.414. The molecule has 2 rings (SSSR count). The highest BCUT2D eigenvalue weighted by molar-refractivity contribution is 5.79. The summed E-state index contributed by atoms with van der Waals surface area (Å²) < 4.78 is 44.1. The first-order chi connectivity index (χ1) is 9.08. The zero-order valence-electron chi connectivity index (χ0n) is 9.70. The van der Waals surface area contributed by atoms with Crippen molar-refractivity contribution in [3.63, 3.8) is 0 Å². The van der Waals surface area contributed by atoms with Gasteiger partial charge < -0.3 is 4.74 Å². The lowest BCUT2D eigenvalue weighted by Gasteiger charge is -2.08. The number of aldehydes is 1. The standard InChI is InChI=1S/C14H9F3O2/c15-11-2-1-10(7-18)14(6-11)19-8-9-3-12(16)5-13(17)4-9/h1-7H,8H2. The SMILES string of the molecule is O=Cc1ccc(F)cc1OCc1cc(F)cc(F)c1. The maximum absolute atomic E-state index is 13.0. The summed E-state index contributed by atoms with van der Waals surface area (Å²) in [6.45, 7) is -0.168. The van der Waals surface area contributed by atoms with Gasteiger partial charge in [0.15, 0.2) is 6.29 Å². The van der Waals surface area contributed by atoms with Gasteiger partial charge in [-0.1, -0.05) is 0 Å². The Kier molecular flexibility index (Phi) is 3.85. The molecule has 0 saturated heterocycles. The third-order valence-corrected chi connectivity index (χ3v) is 2.42. The van der Waals surface area contributed by atoms with E-state index in [9.17, 15) is 18.0 Å². The number of carbonyl (C=O) groups excluding carboxylic acids is 1. The fraction of sp³-hybridized carbons (Fsp3) is 0.0714. The van der Waals surface area contributed by atoms with Gasteiger partial charge in [-0.25, -0.2) is 13.2 Å². The minimum atomic E-state index is -0.728. The van der Waals surface area contributed by atoms with Crippen LogP contribution >= 0.6 is 0 Å². The van der Waals surface area contributed by atoms with Crippen molar-refractivity contribution >= 4 is 6.29 Å². The molecule has 0 fully saturated rings. The zero-order chi connectivity index (χ0) is 13.8. The molecule has 0 saturated carbocycles. The molecule has 5 heteroatoms. The molecule has 0 radical (unpaired) electrons. The van der Waals surface area contributed by atoms with E-state index in [1.54, 1.807) is 0 Å². The van der Waals surface area contributed by atoms with Gasteiger partial charge in [0.1, 0.15) is 29.8 Å². The van der Waals surface area contributed by atoms with Gasteiger partial charge in [-0.15, -0.1) is 0 Å². The van der Waals surface area contributed by atoms with Gasteiger partial charge in [0, 0.05) is 12.1 Å². The number of ether oxygens (including phenoxy) is 1. The largest absolute Gasteiger partial charge is 0.488 e. The molecule has 2 nitrogen and oxygen atoms in total. The quantitative estimate of drug-likeness (QED) is 0.792. The fourth-order valence-corrected chi connectivity index (χ4v) is 1.59. The first-order valence-electron chi connectivity index (χ1n) is 5.41. The number of benzene rings is 2. The van der Waals surface area contributed by atoms with Crippen LogP contribution in [-0.4, -0.2) is 6.29 Å². The molecule has 98 valence electrons. The van der Waals surface area contributed by atoms with E-state index >= 15 is 0 Å². The Morgan fingerprint density at radius 2 is 1.63 bits per heavy atom. The molecule has 0 amide bonds. The van der Waals surface area contributed by atoms with Gasteiger partial charge in [-0.2, -0.15) is 0 Å². The molecule has 2 aromatic carbocycles. The summed E-state index contributed by atoms with van der Waals surface area (Å²) in [5.74, 6) is -1.99. The Hall–Kier alpha value is -2.30. The molecule has 0 aromatic heterocycles. The van der Waals surface area contributed by atoms with Gasteiger partial charge in [0.25, 0.3) is 0 Å². The first-order valence-corrected chi connectivity index (χ1v) is 5.41. The lowest BCUT2D eigenvalue weighted by atomic mass is 10.2. The highest BCUT2D eigenvalue weighted by Gasteiger charge is 2.06. The smallest absolute Gasteiger partial charge is 0.153 e. The van der Waals surface area contributed by atoms with Crippen molar-refractivity contribution in [2.24, 2.45) is 0 Å². The fourth-order valence-electron chi connectivity index (χ4n) is 1.59. The van der Waals surface area contributed by atoms with Crippen LogP contribution in [0.1, 0.15) is 15.9 Å². The van der Waals surface area contributed by atoms with Gasteiger partial charge >= 0.3 is 0 Å². The maximum Gasteiger partial charge on any atom is 0.153 e. The van der Waals surface area contributed by atoms with E-state index in [4.69, 9.17) is 4.74 Å². The van der Waals surface area contributed by atoms with Gasteiger partial charge in [-0.3, -0.25) is 4.79 Å². The third-order valence-electron chi connectivity index (χ3n) is 2.42. The summed E-state index contributed by atoms with van der Waals surface area (Å²) >= 11 is 0. The van der Waals surface area contributed by atoms with Crippen LogP contribution in [0.4, 0.5) is 13.2 Å². The topological polar surface area (TPSA) is 26.3 Å². The Morgan fingerprint density at radius 3 is 2.26 bits per heavy atom. The van der Waals surface area contributed by atoms with E-state index < -0.39 is 17.5 Å². The van der Waals surface area contributed by atoms with Crippen molar-refractivity contribution in [1.82, 2.24) is 0 Å². The zero-order valence-corrected chi connectivity index (χ0v) is 9.70. The molecule has 0 spiro atoms. The van der Waals surface area contributed by atoms with E-state index in [1.807, 2.05) is 0 Å². The third kappa shape index (κ3) is 3.34. The predicted octanol–water partition coefficient (Wildman–Crippen LogP) is 3.50. The van der Waals surface area contributed by atoms with Crippen LogP contribution in [0.25, 0.3) is 0 Å². The average Bonchev–Trinajstić information content (AvgIpc) is 2.35. The number of rotatable bonds is 4. The van der Waals surface area contributed by atoms with E-state index in [1.165, 1.54) is 6.07 Å². The Labute approximate surface area is 107 Å². The lowest BCUT2D eigenvalue weighted by Crippen LogP contribution is -2.00. The summed E-state index contributed by atoms with van der Waals surface area (Å²) in [4.78, 5) is 10.7. The predicted molar refractivity (Wildman–Crippen MR) is 62.5 cm³/mol. The second-order valence-corrected chi connectivity index (χ2v) is 3.87. The van der Waals surface area contributed by atoms with Crippen LogP contribution < -0.4 is 4.74 Å². The molecule has 0 N–H and O–H groups in total. The number of carbonyl (C=O) groups is 1. The van der Waals surface area contributed by atoms with Crippen molar-refractivity contribution < 1.29 is 22.7 Å². The minimum absolute atomic E-state index is 0.0275. The second kappa shape index (κ2) is 5.56. The van der Waals surface area contributed by atoms with Gasteiger partial charge in [0.05, 0.1) is 5.56 Å². The molecule has 19 heavy (non-hydrogen) atoms. The van der Waals surface area contributed by atoms with Crippen LogP contribution in [0.15, 0.2) is 36.4 Å². The molecule has 0 atom stereocenters. The molecule has 2 aromatic rings. The molecule has 0 aliphatic heterocycles. The Morgan fingerprint density at radius 1 is 0.947 bits per heavy atom. The van der Waals surface area contributed by atoms with Crippen molar-refractivity contribution in [2.75, 3.05) is 0 Å². The van der Waals surface area contributed by atoms with Crippen LogP contribution in [0.5, 0.6) is 5.75 Å². The Bertz CT molecular complexity index is 591. The summed E-state index contributed by atoms with van der Waals surface area (Å²) in [6.07, 6.45) is 0.515. The molecule has 0 aliphatic carbocycles. The summed E-state index contributed by atoms with van der Waals surface area (Å²) in [6, 6.07) is 6.37. The van der Waals surface area contributed by atoms with E-state index in [0.717, 1.165) is 30.3 Å². The van der Waals surface area contributed by atoms with Crippen molar-refractivity contribution in [3.05, 3.63) is 65.0 Å². The number of hydrogen-bond donors (Lipinski definition) is 0. The van der Waals surface area contributed by atoms with Gasteiger partial charge in [0.2, 0.25) is 0 Å². The highest BCUT2D eigenvalue weighted by Crippen LogP contribution is 2.20. The molecular formula is C14H9F3O2. The molecular weight excluding hydrogens is 257 g/mol. The van der Waals surface area contributed by atoms with E-state index in [-0.39, 0.29) is 23.5 Å².